The second-order valence-electron chi connectivity index (χ2n) is 3.65. The Labute approximate surface area is 107 Å². The summed E-state index contributed by atoms with van der Waals surface area (Å²) in [4.78, 5) is 11.9. The van der Waals surface area contributed by atoms with E-state index in [9.17, 15) is 9.18 Å². The van der Waals surface area contributed by atoms with Crippen LogP contribution in [0.3, 0.4) is 0 Å². The number of aryl methyl sites for hydroxylation is 1. The number of nitrogens with one attached hydrogen (secondary N) is 1. The number of nitrogens with zero attached hydrogens (tertiary/aromatic N) is 2. The molecule has 0 radical (unpaired) electrons. The molecule has 94 valence electrons. The maximum Gasteiger partial charge on any atom is 0.276 e. The van der Waals surface area contributed by atoms with E-state index in [4.69, 9.17) is 17.3 Å². The van der Waals surface area contributed by atoms with Crippen LogP contribution >= 0.6 is 11.6 Å². The lowest BCUT2D eigenvalue weighted by Gasteiger charge is -2.07. The van der Waals surface area contributed by atoms with Crippen LogP contribution in [0, 0.1) is 5.82 Å². The zero-order valence-electron chi connectivity index (χ0n) is 9.45. The number of benzene rings is 1. The molecule has 0 atom stereocenters. The van der Waals surface area contributed by atoms with Gasteiger partial charge in [0.15, 0.2) is 0 Å². The number of hydrogen-bond donors (Lipinski definition) is 2. The van der Waals surface area contributed by atoms with Crippen molar-refractivity contribution in [2.45, 2.75) is 0 Å². The van der Waals surface area contributed by atoms with E-state index in [-0.39, 0.29) is 17.1 Å². The third-order valence-corrected chi connectivity index (χ3v) is 2.59. The van der Waals surface area contributed by atoms with Gasteiger partial charge in [-0.15, -0.1) is 0 Å². The van der Waals surface area contributed by atoms with Gasteiger partial charge in [0.1, 0.15) is 11.5 Å². The van der Waals surface area contributed by atoms with Gasteiger partial charge in [-0.3, -0.25) is 9.48 Å². The summed E-state index contributed by atoms with van der Waals surface area (Å²) in [7, 11) is 1.57. The maximum atomic E-state index is 13.4. The quantitative estimate of drug-likeness (QED) is 0.875. The second kappa shape index (κ2) is 4.66. The lowest BCUT2D eigenvalue weighted by Crippen LogP contribution is -2.18. The number of rotatable bonds is 2. The van der Waals surface area contributed by atoms with Crippen LogP contribution < -0.4 is 11.1 Å². The van der Waals surface area contributed by atoms with Gasteiger partial charge in [-0.2, -0.15) is 5.10 Å². The second-order valence-corrected chi connectivity index (χ2v) is 4.09. The molecule has 0 aliphatic carbocycles. The normalized spacial score (nSPS) is 10.4. The molecular formula is C11H10ClFN4O. The monoisotopic (exact) mass is 268 g/mol. The van der Waals surface area contributed by atoms with Gasteiger partial charge >= 0.3 is 0 Å². The number of hydrogen-bond acceptors (Lipinski definition) is 3. The minimum Gasteiger partial charge on any atom is -0.396 e. The van der Waals surface area contributed by atoms with Crippen molar-refractivity contribution in [3.05, 3.63) is 40.9 Å². The summed E-state index contributed by atoms with van der Waals surface area (Å²) in [6.45, 7) is 0. The molecule has 0 aliphatic rings. The summed E-state index contributed by atoms with van der Waals surface area (Å²) in [5.41, 5.74) is 5.97. The van der Waals surface area contributed by atoms with Gasteiger partial charge in [-0.25, -0.2) is 4.39 Å². The number of carbonyl (C=O) groups excluding carboxylic acids is 1. The lowest BCUT2D eigenvalue weighted by molar-refractivity contribution is 0.101. The minimum absolute atomic E-state index is 0.00639. The lowest BCUT2D eigenvalue weighted by atomic mass is 10.3. The minimum atomic E-state index is -0.575. The van der Waals surface area contributed by atoms with Gasteiger partial charge in [0.25, 0.3) is 5.91 Å². The van der Waals surface area contributed by atoms with E-state index < -0.39 is 11.7 Å². The third kappa shape index (κ3) is 2.28. The highest BCUT2D eigenvalue weighted by molar-refractivity contribution is 6.31. The molecule has 18 heavy (non-hydrogen) atoms. The highest BCUT2D eigenvalue weighted by Crippen LogP contribution is 2.21. The Morgan fingerprint density at radius 2 is 2.28 bits per heavy atom. The molecule has 7 heteroatoms. The molecule has 2 rings (SSSR count). The first-order chi connectivity index (χ1) is 8.49. The standard InChI is InChI=1S/C11H10ClFN4O/c1-17-10(8(14)5-15-17)11(18)16-9-4-6(12)2-3-7(9)13/h2-5H,14H2,1H3,(H,16,18). The van der Waals surface area contributed by atoms with E-state index in [1.54, 1.807) is 7.05 Å². The highest BCUT2D eigenvalue weighted by Gasteiger charge is 2.16. The molecule has 0 saturated carbocycles. The van der Waals surface area contributed by atoms with E-state index >= 15 is 0 Å². The van der Waals surface area contributed by atoms with Gasteiger partial charge in [-0.1, -0.05) is 11.6 Å². The first kappa shape index (κ1) is 12.4. The zero-order chi connectivity index (χ0) is 13.3. The SMILES string of the molecule is Cn1ncc(N)c1C(=O)Nc1cc(Cl)ccc1F. The Hall–Kier alpha value is -2.08. The molecule has 0 spiro atoms. The van der Waals surface area contributed by atoms with Crippen molar-refractivity contribution in [3.63, 3.8) is 0 Å². The van der Waals surface area contributed by atoms with Crippen LogP contribution in [0.4, 0.5) is 15.8 Å². The molecular weight excluding hydrogens is 259 g/mol. The van der Waals surface area contributed by atoms with Crippen molar-refractivity contribution < 1.29 is 9.18 Å². The number of amides is 1. The van der Waals surface area contributed by atoms with Gasteiger partial charge in [-0.05, 0) is 18.2 Å². The summed E-state index contributed by atoms with van der Waals surface area (Å²) < 4.78 is 14.8. The molecule has 1 aromatic carbocycles. The molecule has 0 bridgehead atoms. The van der Waals surface area contributed by atoms with Crippen LogP contribution in [0.25, 0.3) is 0 Å². The predicted octanol–water partition coefficient (Wildman–Crippen LogP) is 2.05. The smallest absolute Gasteiger partial charge is 0.276 e. The summed E-state index contributed by atoms with van der Waals surface area (Å²) >= 11 is 5.73. The summed E-state index contributed by atoms with van der Waals surface area (Å²) in [5.74, 6) is -1.12. The van der Waals surface area contributed by atoms with Crippen LogP contribution in [0.15, 0.2) is 24.4 Å². The fraction of sp³-hybridized carbons (Fsp3) is 0.0909. The van der Waals surface area contributed by atoms with E-state index in [1.165, 1.54) is 29.1 Å². The average Bonchev–Trinajstić information content (AvgIpc) is 2.63. The van der Waals surface area contributed by atoms with Crippen LogP contribution in [0.2, 0.25) is 5.02 Å². The summed E-state index contributed by atoms with van der Waals surface area (Å²) in [6.07, 6.45) is 1.35. The first-order valence-corrected chi connectivity index (χ1v) is 5.40. The highest BCUT2D eigenvalue weighted by atomic mass is 35.5. The number of anilines is 2. The van der Waals surface area contributed by atoms with E-state index in [0.29, 0.717) is 5.02 Å². The van der Waals surface area contributed by atoms with Crippen molar-refractivity contribution in [1.82, 2.24) is 9.78 Å². The number of halogens is 2. The Morgan fingerprint density at radius 3 is 2.89 bits per heavy atom. The van der Waals surface area contributed by atoms with E-state index in [2.05, 4.69) is 10.4 Å². The van der Waals surface area contributed by atoms with Crippen molar-refractivity contribution in [3.8, 4) is 0 Å². The summed E-state index contributed by atoms with van der Waals surface area (Å²) in [6, 6.07) is 3.89. The van der Waals surface area contributed by atoms with Crippen molar-refractivity contribution >= 4 is 28.9 Å². The molecule has 0 fully saturated rings. The number of carbonyl (C=O) groups is 1. The van der Waals surface area contributed by atoms with Gasteiger partial charge < -0.3 is 11.1 Å². The van der Waals surface area contributed by atoms with Crippen LogP contribution in [0.1, 0.15) is 10.5 Å². The van der Waals surface area contributed by atoms with E-state index in [0.717, 1.165) is 0 Å². The Kier molecular flexibility index (Phi) is 3.20. The molecule has 2 aromatic rings. The Bertz CT molecular complexity index is 592. The van der Waals surface area contributed by atoms with Crippen molar-refractivity contribution in [1.29, 1.82) is 0 Å². The summed E-state index contributed by atoms with van der Waals surface area (Å²) in [5, 5.41) is 6.55. The van der Waals surface area contributed by atoms with Crippen LogP contribution in [0.5, 0.6) is 0 Å². The molecule has 0 unspecified atom stereocenters. The molecule has 1 amide bonds. The molecule has 1 aromatic heterocycles. The fourth-order valence-corrected chi connectivity index (χ4v) is 1.68. The predicted molar refractivity (Wildman–Crippen MR) is 67.0 cm³/mol. The van der Waals surface area contributed by atoms with Crippen molar-refractivity contribution in [2.24, 2.45) is 7.05 Å². The van der Waals surface area contributed by atoms with Gasteiger partial charge in [0.2, 0.25) is 0 Å². The van der Waals surface area contributed by atoms with Gasteiger partial charge in [0.05, 0.1) is 17.6 Å². The average molecular weight is 269 g/mol. The van der Waals surface area contributed by atoms with Gasteiger partial charge in [0, 0.05) is 12.1 Å². The maximum absolute atomic E-state index is 13.4. The Morgan fingerprint density at radius 1 is 1.56 bits per heavy atom. The zero-order valence-corrected chi connectivity index (χ0v) is 10.2. The first-order valence-electron chi connectivity index (χ1n) is 5.03. The topological polar surface area (TPSA) is 72.9 Å². The molecule has 0 aliphatic heterocycles. The fourth-order valence-electron chi connectivity index (χ4n) is 1.51. The molecule has 5 nitrogen and oxygen atoms in total. The van der Waals surface area contributed by atoms with Crippen molar-refractivity contribution in [2.75, 3.05) is 11.1 Å². The molecule has 0 saturated heterocycles. The number of aromatic nitrogens is 2. The Balaban J connectivity index is 2.30. The molecule has 1 heterocycles. The number of nitrogen functional groups attached to an aromatic ring is 1. The van der Waals surface area contributed by atoms with Crippen LogP contribution in [-0.2, 0) is 7.05 Å². The number of nitrogens with two attached hydrogens (primary N) is 1. The largest absolute Gasteiger partial charge is 0.396 e. The van der Waals surface area contributed by atoms with E-state index in [1.807, 2.05) is 0 Å². The third-order valence-electron chi connectivity index (χ3n) is 2.36. The molecule has 3 N–H and O–H groups in total. The van der Waals surface area contributed by atoms with Crippen LogP contribution in [-0.4, -0.2) is 15.7 Å².